The molecule has 2 aromatic rings. The van der Waals surface area contributed by atoms with Crippen LogP contribution in [0.3, 0.4) is 0 Å². The van der Waals surface area contributed by atoms with Crippen LogP contribution in [0.2, 0.25) is 5.15 Å². The lowest BCUT2D eigenvalue weighted by atomic mass is 10.1. The van der Waals surface area contributed by atoms with Gasteiger partial charge in [-0.15, -0.1) is 0 Å². The smallest absolute Gasteiger partial charge is 0.335 e. The van der Waals surface area contributed by atoms with E-state index in [9.17, 15) is 4.79 Å². The maximum absolute atomic E-state index is 10.8. The highest BCUT2D eigenvalue weighted by Gasteiger charge is 2.03. The average Bonchev–Trinajstić information content (AvgIpc) is 2.39. The molecule has 0 unspecified atom stereocenters. The lowest BCUT2D eigenvalue weighted by molar-refractivity contribution is 0.0697. The average molecular weight is 278 g/mol. The van der Waals surface area contributed by atoms with Crippen LogP contribution in [0.1, 0.15) is 15.9 Å². The number of hydrogen-bond donors (Lipinski definition) is 2. The first-order valence-corrected chi connectivity index (χ1v) is 6.06. The summed E-state index contributed by atoms with van der Waals surface area (Å²) in [6.45, 7) is 0.635. The molecule has 0 spiro atoms. The number of aromatic nitrogens is 2. The number of carboxylic acids is 1. The van der Waals surface area contributed by atoms with Gasteiger partial charge >= 0.3 is 5.97 Å². The fourth-order valence-electron chi connectivity index (χ4n) is 1.63. The normalized spacial score (nSPS) is 10.2. The van der Waals surface area contributed by atoms with Gasteiger partial charge in [-0.25, -0.2) is 14.8 Å². The number of anilines is 1. The van der Waals surface area contributed by atoms with Gasteiger partial charge in [-0.05, 0) is 24.1 Å². The number of rotatable bonds is 5. The highest BCUT2D eigenvalue weighted by molar-refractivity contribution is 6.29. The Balaban J connectivity index is 1.92. The van der Waals surface area contributed by atoms with Gasteiger partial charge in [0.05, 0.1) is 5.56 Å². The molecular weight excluding hydrogens is 266 g/mol. The van der Waals surface area contributed by atoms with Crippen LogP contribution in [0, 0.1) is 0 Å². The van der Waals surface area contributed by atoms with Crippen LogP contribution in [0.25, 0.3) is 0 Å². The van der Waals surface area contributed by atoms with Crippen molar-refractivity contribution in [2.24, 2.45) is 0 Å². The maximum Gasteiger partial charge on any atom is 0.335 e. The van der Waals surface area contributed by atoms with Crippen LogP contribution in [0.15, 0.2) is 36.7 Å². The quantitative estimate of drug-likeness (QED) is 0.821. The molecule has 2 rings (SSSR count). The number of nitrogens with one attached hydrogen (secondary N) is 1. The van der Waals surface area contributed by atoms with E-state index in [1.165, 1.54) is 6.33 Å². The highest BCUT2D eigenvalue weighted by Crippen LogP contribution is 2.10. The van der Waals surface area contributed by atoms with Gasteiger partial charge < -0.3 is 10.4 Å². The molecule has 0 amide bonds. The van der Waals surface area contributed by atoms with E-state index in [0.717, 1.165) is 5.56 Å². The topological polar surface area (TPSA) is 75.1 Å². The summed E-state index contributed by atoms with van der Waals surface area (Å²) < 4.78 is 0. The number of carbonyl (C=O) groups is 1. The second-order valence-corrected chi connectivity index (χ2v) is 4.30. The van der Waals surface area contributed by atoms with Gasteiger partial charge in [-0.3, -0.25) is 0 Å². The summed E-state index contributed by atoms with van der Waals surface area (Å²) in [5.74, 6) is -0.271. The molecule has 0 bridgehead atoms. The molecular formula is C13H12ClN3O2. The van der Waals surface area contributed by atoms with Crippen molar-refractivity contribution in [2.75, 3.05) is 11.9 Å². The molecule has 98 valence electrons. The van der Waals surface area contributed by atoms with E-state index in [2.05, 4.69) is 15.3 Å². The monoisotopic (exact) mass is 277 g/mol. The Hall–Kier alpha value is -2.14. The number of halogens is 1. The molecule has 1 heterocycles. The van der Waals surface area contributed by atoms with Gasteiger partial charge in [-0.2, -0.15) is 0 Å². The number of nitrogens with zero attached hydrogens (tertiary/aromatic N) is 2. The zero-order chi connectivity index (χ0) is 13.7. The molecule has 6 heteroatoms. The summed E-state index contributed by atoms with van der Waals surface area (Å²) in [6, 6.07) is 8.50. The second kappa shape index (κ2) is 6.15. The molecule has 5 nitrogen and oxygen atoms in total. The first kappa shape index (κ1) is 13.3. The molecule has 2 N–H and O–H groups in total. The van der Waals surface area contributed by atoms with E-state index in [1.54, 1.807) is 24.3 Å². The summed E-state index contributed by atoms with van der Waals surface area (Å²) in [5.41, 5.74) is 1.25. The van der Waals surface area contributed by atoms with E-state index < -0.39 is 5.97 Å². The van der Waals surface area contributed by atoms with E-state index in [1.807, 2.05) is 6.07 Å². The molecule has 1 aromatic heterocycles. The van der Waals surface area contributed by atoms with Crippen molar-refractivity contribution >= 4 is 23.4 Å². The predicted molar refractivity (Wildman–Crippen MR) is 72.6 cm³/mol. The Kier molecular flexibility index (Phi) is 4.30. The van der Waals surface area contributed by atoms with Crippen molar-refractivity contribution < 1.29 is 9.90 Å². The van der Waals surface area contributed by atoms with Crippen molar-refractivity contribution in [3.8, 4) is 0 Å². The Morgan fingerprint density at radius 2 is 2.16 bits per heavy atom. The largest absolute Gasteiger partial charge is 0.478 e. The van der Waals surface area contributed by atoms with Crippen molar-refractivity contribution in [3.63, 3.8) is 0 Å². The van der Waals surface area contributed by atoms with E-state index in [-0.39, 0.29) is 0 Å². The fraction of sp³-hybridized carbons (Fsp3) is 0.154. The van der Waals surface area contributed by atoms with Crippen molar-refractivity contribution in [2.45, 2.75) is 6.42 Å². The van der Waals surface area contributed by atoms with Gasteiger partial charge in [0.25, 0.3) is 0 Å². The number of hydrogen-bond acceptors (Lipinski definition) is 4. The van der Waals surface area contributed by atoms with E-state index >= 15 is 0 Å². The number of benzene rings is 1. The van der Waals surface area contributed by atoms with Gasteiger partial charge in [0.2, 0.25) is 0 Å². The Labute approximate surface area is 115 Å². The summed E-state index contributed by atoms with van der Waals surface area (Å²) in [7, 11) is 0. The van der Waals surface area contributed by atoms with Crippen molar-refractivity contribution in [1.29, 1.82) is 0 Å². The minimum absolute atomic E-state index is 0.294. The number of carboxylic acid groups (broad SMARTS) is 1. The van der Waals surface area contributed by atoms with E-state index in [0.29, 0.717) is 29.5 Å². The van der Waals surface area contributed by atoms with Crippen LogP contribution in [0.4, 0.5) is 5.82 Å². The minimum Gasteiger partial charge on any atom is -0.478 e. The Morgan fingerprint density at radius 1 is 1.32 bits per heavy atom. The van der Waals surface area contributed by atoms with Crippen molar-refractivity contribution in [1.82, 2.24) is 9.97 Å². The standard InChI is InChI=1S/C13H12ClN3O2/c14-11-7-12(17-8-16-11)15-5-4-9-2-1-3-10(6-9)13(18)19/h1-3,6-8H,4-5H2,(H,18,19)(H,15,16,17). The van der Waals surface area contributed by atoms with E-state index in [4.69, 9.17) is 16.7 Å². The zero-order valence-corrected chi connectivity index (χ0v) is 10.8. The molecule has 0 fully saturated rings. The van der Waals surface area contributed by atoms with Crippen LogP contribution in [-0.4, -0.2) is 27.6 Å². The Bertz CT molecular complexity index is 590. The number of aromatic carboxylic acids is 1. The summed E-state index contributed by atoms with van der Waals surface area (Å²) in [4.78, 5) is 18.6. The molecule has 0 atom stereocenters. The zero-order valence-electron chi connectivity index (χ0n) is 10.0. The molecule has 0 radical (unpaired) electrons. The molecule has 0 aliphatic carbocycles. The molecule has 0 saturated carbocycles. The summed E-state index contributed by atoms with van der Waals surface area (Å²) in [6.07, 6.45) is 2.08. The predicted octanol–water partition coefficient (Wildman–Crippen LogP) is 2.48. The highest BCUT2D eigenvalue weighted by atomic mass is 35.5. The SMILES string of the molecule is O=C(O)c1cccc(CCNc2cc(Cl)ncn2)c1. The van der Waals surface area contributed by atoms with Crippen LogP contribution in [0.5, 0.6) is 0 Å². The van der Waals surface area contributed by atoms with Crippen LogP contribution < -0.4 is 5.32 Å². The lowest BCUT2D eigenvalue weighted by Gasteiger charge is -2.06. The first-order valence-electron chi connectivity index (χ1n) is 5.69. The first-order chi connectivity index (χ1) is 9.15. The minimum atomic E-state index is -0.919. The third-order valence-corrected chi connectivity index (χ3v) is 2.73. The maximum atomic E-state index is 10.8. The molecule has 0 aliphatic heterocycles. The molecule has 0 aliphatic rings. The van der Waals surface area contributed by atoms with Crippen molar-refractivity contribution in [3.05, 3.63) is 52.9 Å². The van der Waals surface area contributed by atoms with Crippen LogP contribution in [-0.2, 0) is 6.42 Å². The Morgan fingerprint density at radius 3 is 2.89 bits per heavy atom. The van der Waals surface area contributed by atoms with Crippen LogP contribution >= 0.6 is 11.6 Å². The third-order valence-electron chi connectivity index (χ3n) is 2.53. The lowest BCUT2D eigenvalue weighted by Crippen LogP contribution is -2.07. The molecule has 0 saturated heterocycles. The van der Waals surface area contributed by atoms with Gasteiger partial charge in [0.1, 0.15) is 17.3 Å². The van der Waals surface area contributed by atoms with Gasteiger partial charge in [0, 0.05) is 12.6 Å². The summed E-state index contributed by atoms with van der Waals surface area (Å²) in [5, 5.41) is 12.4. The molecule has 1 aromatic carbocycles. The third kappa shape index (κ3) is 3.93. The second-order valence-electron chi connectivity index (χ2n) is 3.91. The fourth-order valence-corrected chi connectivity index (χ4v) is 1.77. The van der Waals surface area contributed by atoms with Gasteiger partial charge in [0.15, 0.2) is 0 Å². The summed E-state index contributed by atoms with van der Waals surface area (Å²) >= 11 is 5.74. The molecule has 19 heavy (non-hydrogen) atoms. The van der Waals surface area contributed by atoms with Gasteiger partial charge in [-0.1, -0.05) is 23.7 Å².